The van der Waals surface area contributed by atoms with Gasteiger partial charge in [-0.2, -0.15) is 0 Å². The normalized spacial score (nSPS) is 12.1. The number of carbonyl (C=O) groups excluding carboxylic acids is 1. The molecule has 0 saturated heterocycles. The SMILES string of the molecule is Cc1cccc(OCCNC(=O)CCc2ccc3c(c2)OCO3)c1C. The van der Waals surface area contributed by atoms with Crippen molar-refractivity contribution in [2.24, 2.45) is 0 Å². The Balaban J connectivity index is 1.38. The van der Waals surface area contributed by atoms with Crippen LogP contribution in [0.15, 0.2) is 36.4 Å². The molecular weight excluding hydrogens is 318 g/mol. The van der Waals surface area contributed by atoms with Crippen LogP contribution in [0.1, 0.15) is 23.1 Å². The lowest BCUT2D eigenvalue weighted by Crippen LogP contribution is -2.28. The van der Waals surface area contributed by atoms with Crippen molar-refractivity contribution in [3.63, 3.8) is 0 Å². The van der Waals surface area contributed by atoms with Crippen molar-refractivity contribution in [1.29, 1.82) is 0 Å². The van der Waals surface area contributed by atoms with E-state index in [-0.39, 0.29) is 12.7 Å². The van der Waals surface area contributed by atoms with Crippen LogP contribution < -0.4 is 19.5 Å². The largest absolute Gasteiger partial charge is 0.491 e. The van der Waals surface area contributed by atoms with Gasteiger partial charge in [-0.3, -0.25) is 4.79 Å². The minimum atomic E-state index is 0.0160. The van der Waals surface area contributed by atoms with E-state index in [1.807, 2.05) is 37.3 Å². The number of hydrogen-bond acceptors (Lipinski definition) is 4. The van der Waals surface area contributed by atoms with E-state index >= 15 is 0 Å². The second-order valence-electron chi connectivity index (χ2n) is 6.08. The van der Waals surface area contributed by atoms with Crippen LogP contribution in [0.5, 0.6) is 17.2 Å². The lowest BCUT2D eigenvalue weighted by Gasteiger charge is -2.11. The third kappa shape index (κ3) is 4.44. The summed E-state index contributed by atoms with van der Waals surface area (Å²) in [6, 6.07) is 11.8. The molecule has 0 unspecified atom stereocenters. The highest BCUT2D eigenvalue weighted by Gasteiger charge is 2.13. The first kappa shape index (κ1) is 17.1. The molecule has 132 valence electrons. The number of benzene rings is 2. The van der Waals surface area contributed by atoms with Crippen LogP contribution >= 0.6 is 0 Å². The van der Waals surface area contributed by atoms with Gasteiger partial charge in [0.15, 0.2) is 11.5 Å². The average molecular weight is 341 g/mol. The predicted molar refractivity (Wildman–Crippen MR) is 95.3 cm³/mol. The van der Waals surface area contributed by atoms with Gasteiger partial charge in [-0.05, 0) is 55.2 Å². The van der Waals surface area contributed by atoms with Crippen LogP contribution in [-0.4, -0.2) is 25.9 Å². The smallest absolute Gasteiger partial charge is 0.231 e. The topological polar surface area (TPSA) is 56.8 Å². The molecular formula is C20H23NO4. The molecule has 0 radical (unpaired) electrons. The van der Waals surface area contributed by atoms with Crippen LogP contribution in [0.4, 0.5) is 0 Å². The van der Waals surface area contributed by atoms with Gasteiger partial charge in [0.1, 0.15) is 12.4 Å². The summed E-state index contributed by atoms with van der Waals surface area (Å²) in [5.41, 5.74) is 3.40. The minimum absolute atomic E-state index is 0.0160. The summed E-state index contributed by atoms with van der Waals surface area (Å²) >= 11 is 0. The number of fused-ring (bicyclic) bond motifs is 1. The lowest BCUT2D eigenvalue weighted by molar-refractivity contribution is -0.121. The molecule has 3 rings (SSSR count). The van der Waals surface area contributed by atoms with Crippen molar-refractivity contribution >= 4 is 5.91 Å². The molecule has 2 aromatic carbocycles. The molecule has 0 aromatic heterocycles. The molecule has 25 heavy (non-hydrogen) atoms. The van der Waals surface area contributed by atoms with Gasteiger partial charge in [0, 0.05) is 6.42 Å². The molecule has 1 aliphatic heterocycles. The Kier molecular flexibility index (Phi) is 5.43. The summed E-state index contributed by atoms with van der Waals surface area (Å²) in [5, 5.41) is 2.89. The van der Waals surface area contributed by atoms with Gasteiger partial charge in [0.05, 0.1) is 6.54 Å². The fourth-order valence-corrected chi connectivity index (χ4v) is 2.67. The molecule has 1 aliphatic rings. The summed E-state index contributed by atoms with van der Waals surface area (Å²) in [6.07, 6.45) is 1.10. The summed E-state index contributed by atoms with van der Waals surface area (Å²) < 4.78 is 16.4. The molecule has 0 bridgehead atoms. The second kappa shape index (κ2) is 7.92. The number of ether oxygens (including phenoxy) is 3. The first-order valence-electron chi connectivity index (χ1n) is 8.48. The number of aryl methyl sites for hydroxylation is 2. The first-order valence-corrected chi connectivity index (χ1v) is 8.48. The Labute approximate surface area is 147 Å². The van der Waals surface area contributed by atoms with Crippen LogP contribution in [-0.2, 0) is 11.2 Å². The number of carbonyl (C=O) groups is 1. The van der Waals surface area contributed by atoms with Crippen molar-refractivity contribution in [3.05, 3.63) is 53.1 Å². The van der Waals surface area contributed by atoms with E-state index in [0.29, 0.717) is 26.0 Å². The molecule has 0 aliphatic carbocycles. The minimum Gasteiger partial charge on any atom is -0.491 e. The van der Waals surface area contributed by atoms with Crippen molar-refractivity contribution in [2.75, 3.05) is 19.9 Å². The van der Waals surface area contributed by atoms with E-state index in [2.05, 4.69) is 18.3 Å². The van der Waals surface area contributed by atoms with Gasteiger partial charge in [-0.15, -0.1) is 0 Å². The molecule has 0 atom stereocenters. The highest BCUT2D eigenvalue weighted by molar-refractivity contribution is 5.76. The Morgan fingerprint density at radius 2 is 2.00 bits per heavy atom. The van der Waals surface area contributed by atoms with Crippen LogP contribution in [0.25, 0.3) is 0 Å². The van der Waals surface area contributed by atoms with Crippen LogP contribution in [0.3, 0.4) is 0 Å². The maximum Gasteiger partial charge on any atom is 0.231 e. The van der Waals surface area contributed by atoms with E-state index in [1.165, 1.54) is 5.56 Å². The van der Waals surface area contributed by atoms with E-state index in [0.717, 1.165) is 28.4 Å². The zero-order valence-corrected chi connectivity index (χ0v) is 14.6. The molecule has 1 heterocycles. The van der Waals surface area contributed by atoms with Gasteiger partial charge in [0.2, 0.25) is 12.7 Å². The van der Waals surface area contributed by atoms with Gasteiger partial charge in [-0.1, -0.05) is 18.2 Å². The fourth-order valence-electron chi connectivity index (χ4n) is 2.67. The molecule has 0 spiro atoms. The number of hydrogen-bond donors (Lipinski definition) is 1. The van der Waals surface area contributed by atoms with Crippen LogP contribution in [0, 0.1) is 13.8 Å². The highest BCUT2D eigenvalue weighted by Crippen LogP contribution is 2.32. The molecule has 5 nitrogen and oxygen atoms in total. The monoisotopic (exact) mass is 341 g/mol. The molecule has 2 aromatic rings. The molecule has 0 saturated carbocycles. The van der Waals surface area contributed by atoms with Gasteiger partial charge >= 0.3 is 0 Å². The van der Waals surface area contributed by atoms with Crippen molar-refractivity contribution in [2.45, 2.75) is 26.7 Å². The number of rotatable bonds is 7. The van der Waals surface area contributed by atoms with Crippen molar-refractivity contribution in [3.8, 4) is 17.2 Å². The Morgan fingerprint density at radius 1 is 1.16 bits per heavy atom. The van der Waals surface area contributed by atoms with E-state index in [4.69, 9.17) is 14.2 Å². The standard InChI is InChI=1S/C20H23NO4/c1-14-4-3-5-17(15(14)2)23-11-10-21-20(22)9-7-16-6-8-18-19(12-16)25-13-24-18/h3-6,8,12H,7,9-11,13H2,1-2H3,(H,21,22). The van der Waals surface area contributed by atoms with Crippen molar-refractivity contribution in [1.82, 2.24) is 5.32 Å². The number of amides is 1. The van der Waals surface area contributed by atoms with E-state index in [9.17, 15) is 4.79 Å². The maximum atomic E-state index is 12.0. The Bertz CT molecular complexity index is 757. The predicted octanol–water partition coefficient (Wildman–Crippen LogP) is 3.16. The Morgan fingerprint density at radius 3 is 2.88 bits per heavy atom. The fraction of sp³-hybridized carbons (Fsp3) is 0.350. The Hall–Kier alpha value is -2.69. The third-order valence-corrected chi connectivity index (χ3v) is 4.31. The first-order chi connectivity index (χ1) is 12.1. The van der Waals surface area contributed by atoms with Gasteiger partial charge in [0.25, 0.3) is 0 Å². The number of nitrogens with one attached hydrogen (secondary N) is 1. The summed E-state index contributed by atoms with van der Waals surface area (Å²) in [7, 11) is 0. The molecule has 1 amide bonds. The molecule has 1 N–H and O–H groups in total. The summed E-state index contributed by atoms with van der Waals surface area (Å²) in [5.74, 6) is 2.40. The van der Waals surface area contributed by atoms with Crippen molar-refractivity contribution < 1.29 is 19.0 Å². The summed E-state index contributed by atoms with van der Waals surface area (Å²) in [4.78, 5) is 12.0. The summed E-state index contributed by atoms with van der Waals surface area (Å²) in [6.45, 7) is 5.31. The average Bonchev–Trinajstić information content (AvgIpc) is 3.08. The molecule has 5 heteroatoms. The molecule has 0 fully saturated rings. The third-order valence-electron chi connectivity index (χ3n) is 4.31. The van der Waals surface area contributed by atoms with E-state index in [1.54, 1.807) is 0 Å². The second-order valence-corrected chi connectivity index (χ2v) is 6.08. The van der Waals surface area contributed by atoms with Gasteiger partial charge < -0.3 is 19.5 Å². The zero-order valence-electron chi connectivity index (χ0n) is 14.6. The van der Waals surface area contributed by atoms with Gasteiger partial charge in [-0.25, -0.2) is 0 Å². The zero-order chi connectivity index (χ0) is 17.6. The van der Waals surface area contributed by atoms with E-state index < -0.39 is 0 Å². The lowest BCUT2D eigenvalue weighted by atomic mass is 10.1. The maximum absolute atomic E-state index is 12.0. The van der Waals surface area contributed by atoms with Crippen LogP contribution in [0.2, 0.25) is 0 Å². The quantitative estimate of drug-likeness (QED) is 0.786. The highest BCUT2D eigenvalue weighted by atomic mass is 16.7.